The molecule has 5 heteroatoms. The summed E-state index contributed by atoms with van der Waals surface area (Å²) in [5.74, 6) is -0.113. The first-order valence-corrected chi connectivity index (χ1v) is 10.5. The number of nitrogens with one attached hydrogen (secondary N) is 1. The highest BCUT2D eigenvalue weighted by molar-refractivity contribution is 8.18. The summed E-state index contributed by atoms with van der Waals surface area (Å²) in [5.41, 5.74) is 3.07. The molecule has 3 aromatic rings. The molecule has 3 aromatic carbocycles. The molecular formula is C23H18N2OS2. The summed E-state index contributed by atoms with van der Waals surface area (Å²) >= 11 is 3.09. The lowest BCUT2D eigenvalue weighted by atomic mass is 10.2. The zero-order valence-electron chi connectivity index (χ0n) is 15.3. The van der Waals surface area contributed by atoms with Crippen LogP contribution in [0.1, 0.15) is 11.1 Å². The molecule has 0 saturated carbocycles. The van der Waals surface area contributed by atoms with E-state index in [2.05, 4.69) is 53.6 Å². The van der Waals surface area contributed by atoms with Gasteiger partial charge in [0.15, 0.2) is 5.17 Å². The minimum atomic E-state index is -0.113. The number of amides is 1. The van der Waals surface area contributed by atoms with Gasteiger partial charge in [-0.15, -0.1) is 0 Å². The molecule has 1 N–H and O–H groups in total. The third kappa shape index (κ3) is 4.74. The second-order valence-electron chi connectivity index (χ2n) is 6.30. The number of para-hydroxylation sites is 1. The Morgan fingerprint density at radius 2 is 1.54 bits per heavy atom. The summed E-state index contributed by atoms with van der Waals surface area (Å²) in [6.07, 6.45) is 1.90. The largest absolute Gasteiger partial charge is 0.300 e. The van der Waals surface area contributed by atoms with Crippen molar-refractivity contribution in [3.05, 3.63) is 94.9 Å². The predicted molar refractivity (Wildman–Crippen MR) is 119 cm³/mol. The van der Waals surface area contributed by atoms with E-state index in [9.17, 15) is 4.79 Å². The Kier molecular flexibility index (Phi) is 5.65. The van der Waals surface area contributed by atoms with Gasteiger partial charge in [0.2, 0.25) is 0 Å². The summed E-state index contributed by atoms with van der Waals surface area (Å²) in [6, 6.07) is 26.3. The van der Waals surface area contributed by atoms with E-state index < -0.39 is 0 Å². The zero-order valence-corrected chi connectivity index (χ0v) is 16.9. The normalized spacial score (nSPS) is 16.5. The maximum atomic E-state index is 12.2. The Hall–Kier alpha value is -2.76. The molecule has 0 bridgehead atoms. The van der Waals surface area contributed by atoms with Crippen molar-refractivity contribution in [3.63, 3.8) is 0 Å². The van der Waals surface area contributed by atoms with Gasteiger partial charge in [-0.1, -0.05) is 59.8 Å². The van der Waals surface area contributed by atoms with E-state index in [-0.39, 0.29) is 5.91 Å². The second-order valence-corrected chi connectivity index (χ2v) is 8.48. The van der Waals surface area contributed by atoms with E-state index in [1.807, 2.05) is 48.5 Å². The Labute approximate surface area is 173 Å². The van der Waals surface area contributed by atoms with Gasteiger partial charge in [0.25, 0.3) is 5.91 Å². The van der Waals surface area contributed by atoms with Gasteiger partial charge < -0.3 is 5.32 Å². The molecule has 0 radical (unpaired) electrons. The molecule has 0 aromatic heterocycles. The van der Waals surface area contributed by atoms with E-state index in [0.717, 1.165) is 11.3 Å². The maximum Gasteiger partial charge on any atom is 0.264 e. The van der Waals surface area contributed by atoms with Crippen molar-refractivity contribution in [1.82, 2.24) is 5.32 Å². The summed E-state index contributed by atoms with van der Waals surface area (Å²) < 4.78 is 0. The van der Waals surface area contributed by atoms with E-state index in [1.165, 1.54) is 27.1 Å². The van der Waals surface area contributed by atoms with Gasteiger partial charge in [0, 0.05) is 9.79 Å². The summed E-state index contributed by atoms with van der Waals surface area (Å²) in [6.45, 7) is 2.09. The van der Waals surface area contributed by atoms with Crippen molar-refractivity contribution in [2.75, 3.05) is 0 Å². The standard InChI is InChI=1S/C23H18N2OS2/c1-16-7-11-19(12-8-16)27-20-13-9-17(10-14-20)15-21-22(26)25-23(28-21)24-18-5-3-2-4-6-18/h2-15H,1H3,(H,24,25,26)/b21-15-. The number of carbonyl (C=O) groups is 1. The highest BCUT2D eigenvalue weighted by Gasteiger charge is 2.23. The Morgan fingerprint density at radius 3 is 2.21 bits per heavy atom. The molecule has 1 aliphatic heterocycles. The number of rotatable bonds is 4. The topological polar surface area (TPSA) is 41.5 Å². The van der Waals surface area contributed by atoms with Crippen molar-refractivity contribution in [3.8, 4) is 0 Å². The summed E-state index contributed by atoms with van der Waals surface area (Å²) in [4.78, 5) is 19.7. The SMILES string of the molecule is Cc1ccc(Sc2ccc(/C=C3\SC(=Nc4ccccc4)NC3=O)cc2)cc1. The lowest BCUT2D eigenvalue weighted by Gasteiger charge is -2.03. The molecule has 1 saturated heterocycles. The second kappa shape index (κ2) is 8.50. The molecule has 1 amide bonds. The van der Waals surface area contributed by atoms with Crippen LogP contribution in [0.4, 0.5) is 5.69 Å². The fraction of sp³-hybridized carbons (Fsp3) is 0.0435. The van der Waals surface area contributed by atoms with Crippen LogP contribution in [-0.4, -0.2) is 11.1 Å². The van der Waals surface area contributed by atoms with Gasteiger partial charge in [0.05, 0.1) is 10.6 Å². The number of aliphatic imine (C=N–C) groups is 1. The van der Waals surface area contributed by atoms with Crippen LogP contribution >= 0.6 is 23.5 Å². The van der Waals surface area contributed by atoms with Crippen LogP contribution in [0.3, 0.4) is 0 Å². The fourth-order valence-electron chi connectivity index (χ4n) is 2.63. The van der Waals surface area contributed by atoms with E-state index in [1.54, 1.807) is 11.8 Å². The number of benzene rings is 3. The Bertz CT molecular complexity index is 1040. The zero-order chi connectivity index (χ0) is 19.3. The van der Waals surface area contributed by atoms with Gasteiger partial charge in [0.1, 0.15) is 0 Å². The van der Waals surface area contributed by atoms with Crippen molar-refractivity contribution in [2.45, 2.75) is 16.7 Å². The van der Waals surface area contributed by atoms with Crippen LogP contribution in [0.15, 0.2) is 98.6 Å². The molecule has 3 nitrogen and oxygen atoms in total. The molecule has 1 aliphatic rings. The molecule has 1 fully saturated rings. The maximum absolute atomic E-state index is 12.2. The first-order valence-electron chi connectivity index (χ1n) is 8.85. The van der Waals surface area contributed by atoms with Gasteiger partial charge >= 0.3 is 0 Å². The molecule has 0 spiro atoms. The lowest BCUT2D eigenvalue weighted by Crippen LogP contribution is -2.19. The Balaban J connectivity index is 1.46. The van der Waals surface area contributed by atoms with Crippen molar-refractivity contribution >= 4 is 46.4 Å². The number of carbonyl (C=O) groups excluding carboxylic acids is 1. The lowest BCUT2D eigenvalue weighted by molar-refractivity contribution is -0.115. The molecule has 0 unspecified atom stereocenters. The smallest absolute Gasteiger partial charge is 0.264 e. The minimum absolute atomic E-state index is 0.113. The number of thioether (sulfide) groups is 1. The molecule has 0 atom stereocenters. The average Bonchev–Trinajstić information content (AvgIpc) is 3.05. The highest BCUT2D eigenvalue weighted by Crippen LogP contribution is 2.30. The first kappa shape index (κ1) is 18.6. The van der Waals surface area contributed by atoms with E-state index in [0.29, 0.717) is 10.1 Å². The van der Waals surface area contributed by atoms with Crippen LogP contribution in [-0.2, 0) is 4.79 Å². The molecule has 28 heavy (non-hydrogen) atoms. The van der Waals surface area contributed by atoms with E-state index >= 15 is 0 Å². The average molecular weight is 403 g/mol. The number of hydrogen-bond acceptors (Lipinski definition) is 4. The van der Waals surface area contributed by atoms with Crippen molar-refractivity contribution in [2.24, 2.45) is 4.99 Å². The van der Waals surface area contributed by atoms with Crippen molar-refractivity contribution < 1.29 is 4.79 Å². The fourth-order valence-corrected chi connectivity index (χ4v) is 4.28. The summed E-state index contributed by atoms with van der Waals surface area (Å²) in [5, 5.41) is 3.43. The predicted octanol–water partition coefficient (Wildman–Crippen LogP) is 6.04. The third-order valence-corrected chi connectivity index (χ3v) is 6.00. The van der Waals surface area contributed by atoms with Crippen LogP contribution in [0, 0.1) is 6.92 Å². The number of hydrogen-bond donors (Lipinski definition) is 1. The number of amidine groups is 1. The van der Waals surface area contributed by atoms with Gasteiger partial charge in [-0.3, -0.25) is 4.79 Å². The van der Waals surface area contributed by atoms with Crippen molar-refractivity contribution in [1.29, 1.82) is 0 Å². The van der Waals surface area contributed by atoms with Crippen LogP contribution in [0.5, 0.6) is 0 Å². The van der Waals surface area contributed by atoms with Crippen LogP contribution < -0.4 is 5.32 Å². The third-order valence-electron chi connectivity index (χ3n) is 4.07. The first-order chi connectivity index (χ1) is 13.7. The van der Waals surface area contributed by atoms with Crippen LogP contribution in [0.2, 0.25) is 0 Å². The number of aryl methyl sites for hydroxylation is 1. The van der Waals surface area contributed by atoms with Gasteiger partial charge in [-0.2, -0.15) is 0 Å². The van der Waals surface area contributed by atoms with E-state index in [4.69, 9.17) is 0 Å². The monoisotopic (exact) mass is 402 g/mol. The quantitative estimate of drug-likeness (QED) is 0.541. The molecule has 1 heterocycles. The minimum Gasteiger partial charge on any atom is -0.300 e. The molecular weight excluding hydrogens is 384 g/mol. The molecule has 4 rings (SSSR count). The number of nitrogens with zero attached hydrogens (tertiary/aromatic N) is 1. The van der Waals surface area contributed by atoms with Gasteiger partial charge in [-0.25, -0.2) is 4.99 Å². The summed E-state index contributed by atoms with van der Waals surface area (Å²) in [7, 11) is 0. The molecule has 0 aliphatic carbocycles. The Morgan fingerprint density at radius 1 is 0.893 bits per heavy atom. The van der Waals surface area contributed by atoms with Crippen LogP contribution in [0.25, 0.3) is 6.08 Å². The highest BCUT2D eigenvalue weighted by atomic mass is 32.2. The van der Waals surface area contributed by atoms with Gasteiger partial charge in [-0.05, 0) is 66.7 Å². The molecule has 138 valence electrons.